The first-order valence-electron chi connectivity index (χ1n) is 10.1. The van der Waals surface area contributed by atoms with Gasteiger partial charge in [-0.25, -0.2) is 19.0 Å². The normalized spacial score (nSPS) is 16.7. The molecule has 3 aromatic rings. The summed E-state index contributed by atoms with van der Waals surface area (Å²) in [5.74, 6) is -0.672. The Kier molecular flexibility index (Phi) is 6.13. The number of pyridine rings is 1. The third kappa shape index (κ3) is 4.92. The molecule has 1 aromatic carbocycles. The Morgan fingerprint density at radius 2 is 2.06 bits per heavy atom. The molecule has 1 saturated heterocycles. The van der Waals surface area contributed by atoms with Gasteiger partial charge in [0.2, 0.25) is 5.88 Å². The van der Waals surface area contributed by atoms with Crippen LogP contribution in [0.3, 0.4) is 0 Å². The molecule has 1 aliphatic rings. The van der Waals surface area contributed by atoms with Gasteiger partial charge >= 0.3 is 12.0 Å². The Labute approximate surface area is 183 Å². The summed E-state index contributed by atoms with van der Waals surface area (Å²) < 4.78 is 19.8. The smallest absolute Gasteiger partial charge is 0.356 e. The number of benzene rings is 1. The van der Waals surface area contributed by atoms with Gasteiger partial charge in [0.05, 0.1) is 6.20 Å². The summed E-state index contributed by atoms with van der Waals surface area (Å²) in [5, 5.41) is 12.8. The minimum absolute atomic E-state index is 0.0726. The highest BCUT2D eigenvalue weighted by Gasteiger charge is 2.29. The first-order chi connectivity index (χ1) is 15.4. The molecular weight excluding hydrogens is 417 g/mol. The van der Waals surface area contributed by atoms with Crippen molar-refractivity contribution in [3.8, 4) is 11.6 Å². The number of carboxylic acids is 1. The van der Waals surface area contributed by atoms with Crippen LogP contribution in [0, 0.1) is 5.82 Å². The van der Waals surface area contributed by atoms with E-state index in [4.69, 9.17) is 9.84 Å². The molecule has 4 rings (SSSR count). The second kappa shape index (κ2) is 9.15. The predicted octanol–water partition coefficient (Wildman–Crippen LogP) is 3.08. The van der Waals surface area contributed by atoms with E-state index in [0.29, 0.717) is 37.8 Å². The molecule has 1 aliphatic heterocycles. The molecule has 1 atom stereocenters. The van der Waals surface area contributed by atoms with Gasteiger partial charge in [0.25, 0.3) is 0 Å². The van der Waals surface area contributed by atoms with Gasteiger partial charge in [-0.1, -0.05) is 12.1 Å². The van der Waals surface area contributed by atoms with Crippen molar-refractivity contribution < 1.29 is 23.8 Å². The average molecular weight is 439 g/mol. The fraction of sp³-hybridized carbons (Fsp3) is 0.273. The molecule has 9 nitrogen and oxygen atoms in total. The number of carboxylic acid groups (broad SMARTS) is 1. The second-order valence-corrected chi connectivity index (χ2v) is 7.57. The Bertz CT molecular complexity index is 1120. The van der Waals surface area contributed by atoms with Crippen molar-refractivity contribution in [1.82, 2.24) is 24.6 Å². The molecule has 0 radical (unpaired) electrons. The van der Waals surface area contributed by atoms with Gasteiger partial charge < -0.3 is 14.7 Å². The fourth-order valence-electron chi connectivity index (χ4n) is 3.65. The van der Waals surface area contributed by atoms with Crippen LogP contribution in [0.2, 0.25) is 0 Å². The lowest BCUT2D eigenvalue weighted by Gasteiger charge is -2.39. The molecule has 0 spiro atoms. The molecule has 3 heterocycles. The molecule has 1 fully saturated rings. The number of nitrogens with zero attached hydrogens (tertiary/aromatic N) is 5. The highest BCUT2D eigenvalue weighted by atomic mass is 19.1. The van der Waals surface area contributed by atoms with Crippen molar-refractivity contribution in [2.24, 2.45) is 0 Å². The SMILES string of the molecule is C[C@H]1CN(Cc2cccc(Oc3ccc(F)cn3)c2)CCN1C(=O)n1ccc(C(=O)O)n1. The second-order valence-electron chi connectivity index (χ2n) is 7.57. The molecule has 1 N–H and O–H groups in total. The summed E-state index contributed by atoms with van der Waals surface area (Å²) in [5.41, 5.74) is 0.873. The van der Waals surface area contributed by atoms with E-state index in [2.05, 4.69) is 15.0 Å². The quantitative estimate of drug-likeness (QED) is 0.652. The first-order valence-corrected chi connectivity index (χ1v) is 10.1. The van der Waals surface area contributed by atoms with Gasteiger partial charge in [-0.3, -0.25) is 4.90 Å². The van der Waals surface area contributed by atoms with E-state index < -0.39 is 11.8 Å². The number of piperazine rings is 1. The van der Waals surface area contributed by atoms with Crippen LogP contribution in [-0.2, 0) is 6.54 Å². The number of hydrogen-bond donors (Lipinski definition) is 1. The van der Waals surface area contributed by atoms with Gasteiger partial charge in [-0.15, -0.1) is 0 Å². The minimum Gasteiger partial charge on any atom is -0.476 e. The maximum atomic E-state index is 13.0. The zero-order valence-corrected chi connectivity index (χ0v) is 17.4. The number of rotatable bonds is 5. The summed E-state index contributed by atoms with van der Waals surface area (Å²) in [6.07, 6.45) is 2.47. The van der Waals surface area contributed by atoms with Gasteiger partial charge in [-0.2, -0.15) is 9.78 Å². The van der Waals surface area contributed by atoms with Crippen LogP contribution in [0.4, 0.5) is 9.18 Å². The number of amides is 1. The number of ether oxygens (including phenoxy) is 1. The van der Waals surface area contributed by atoms with Gasteiger partial charge in [-0.05, 0) is 36.8 Å². The van der Waals surface area contributed by atoms with Crippen molar-refractivity contribution in [2.75, 3.05) is 19.6 Å². The van der Waals surface area contributed by atoms with Crippen LogP contribution in [-0.4, -0.2) is 67.3 Å². The largest absolute Gasteiger partial charge is 0.476 e. The first kappa shape index (κ1) is 21.4. The molecule has 0 aliphatic carbocycles. The highest BCUT2D eigenvalue weighted by Crippen LogP contribution is 2.22. The maximum Gasteiger partial charge on any atom is 0.356 e. The maximum absolute atomic E-state index is 13.0. The fourth-order valence-corrected chi connectivity index (χ4v) is 3.65. The molecule has 1 amide bonds. The summed E-state index contributed by atoms with van der Waals surface area (Å²) in [7, 11) is 0. The number of carbonyl (C=O) groups excluding carboxylic acids is 1. The van der Waals surface area contributed by atoms with E-state index in [0.717, 1.165) is 16.4 Å². The molecule has 32 heavy (non-hydrogen) atoms. The zero-order valence-electron chi connectivity index (χ0n) is 17.4. The van der Waals surface area contributed by atoms with E-state index in [1.807, 2.05) is 31.2 Å². The van der Waals surface area contributed by atoms with Crippen LogP contribution in [0.15, 0.2) is 54.9 Å². The molecule has 0 unspecified atom stereocenters. The summed E-state index contributed by atoms with van der Waals surface area (Å²) in [4.78, 5) is 31.5. The topological polar surface area (TPSA) is 101 Å². The standard InChI is InChI=1S/C22H22FN5O4/c1-15-13-26(9-10-27(15)22(31)28-8-7-19(25-28)21(29)30)14-16-3-2-4-18(11-16)32-20-6-5-17(23)12-24-20/h2-8,11-12,15H,9-10,13-14H2,1H3,(H,29,30)/t15-/m0/s1. The average Bonchev–Trinajstić information content (AvgIpc) is 3.26. The Morgan fingerprint density at radius 3 is 2.75 bits per heavy atom. The molecule has 0 saturated carbocycles. The van der Waals surface area contributed by atoms with Crippen LogP contribution in [0.5, 0.6) is 11.6 Å². The van der Waals surface area contributed by atoms with E-state index in [1.165, 1.54) is 24.4 Å². The van der Waals surface area contributed by atoms with E-state index in [9.17, 15) is 14.0 Å². The number of aromatic nitrogens is 3. The van der Waals surface area contributed by atoms with E-state index >= 15 is 0 Å². The zero-order chi connectivity index (χ0) is 22.7. The van der Waals surface area contributed by atoms with Crippen molar-refractivity contribution in [3.63, 3.8) is 0 Å². The van der Waals surface area contributed by atoms with Crippen molar-refractivity contribution in [3.05, 3.63) is 71.9 Å². The summed E-state index contributed by atoms with van der Waals surface area (Å²) in [6, 6.07) is 11.2. The van der Waals surface area contributed by atoms with Gasteiger partial charge in [0, 0.05) is 44.5 Å². The Balaban J connectivity index is 1.36. The Hall–Kier alpha value is -3.79. The third-order valence-electron chi connectivity index (χ3n) is 5.19. The van der Waals surface area contributed by atoms with Crippen LogP contribution in [0.1, 0.15) is 23.0 Å². The Morgan fingerprint density at radius 1 is 1.22 bits per heavy atom. The van der Waals surface area contributed by atoms with Crippen molar-refractivity contribution in [1.29, 1.82) is 0 Å². The lowest BCUT2D eigenvalue weighted by molar-refractivity contribution is 0.0689. The minimum atomic E-state index is -1.17. The van der Waals surface area contributed by atoms with Crippen molar-refractivity contribution >= 4 is 12.0 Å². The van der Waals surface area contributed by atoms with Crippen molar-refractivity contribution in [2.45, 2.75) is 19.5 Å². The summed E-state index contributed by atoms with van der Waals surface area (Å²) in [6.45, 7) is 4.44. The highest BCUT2D eigenvalue weighted by molar-refractivity contribution is 5.86. The number of halogens is 1. The van der Waals surface area contributed by atoms with E-state index in [-0.39, 0.29) is 17.8 Å². The van der Waals surface area contributed by atoms with Crippen LogP contribution in [0.25, 0.3) is 0 Å². The lowest BCUT2D eigenvalue weighted by Crippen LogP contribution is -2.54. The van der Waals surface area contributed by atoms with Crippen LogP contribution < -0.4 is 4.74 Å². The number of aromatic carboxylic acids is 1. The predicted molar refractivity (Wildman–Crippen MR) is 112 cm³/mol. The lowest BCUT2D eigenvalue weighted by atomic mass is 10.1. The molecule has 166 valence electrons. The molecule has 0 bridgehead atoms. The number of hydrogen-bond acceptors (Lipinski definition) is 6. The van der Waals surface area contributed by atoms with Gasteiger partial charge in [0.15, 0.2) is 5.69 Å². The van der Waals surface area contributed by atoms with E-state index in [1.54, 1.807) is 4.90 Å². The van der Waals surface area contributed by atoms with Crippen LogP contribution >= 0.6 is 0 Å². The third-order valence-corrected chi connectivity index (χ3v) is 5.19. The number of carbonyl (C=O) groups is 2. The molecule has 10 heteroatoms. The summed E-state index contributed by atoms with van der Waals surface area (Å²) >= 11 is 0. The molecular formula is C22H22FN5O4. The monoisotopic (exact) mass is 439 g/mol. The molecule has 2 aromatic heterocycles. The van der Waals surface area contributed by atoms with Gasteiger partial charge in [0.1, 0.15) is 11.6 Å².